The van der Waals surface area contributed by atoms with E-state index >= 15 is 0 Å². The van der Waals surface area contributed by atoms with Gasteiger partial charge in [0, 0.05) is 18.2 Å². The summed E-state index contributed by atoms with van der Waals surface area (Å²) in [5.74, 6) is -2.28. The van der Waals surface area contributed by atoms with Crippen LogP contribution in [0.2, 0.25) is 0 Å². The van der Waals surface area contributed by atoms with Gasteiger partial charge >= 0.3 is 12.1 Å². The number of carbonyl (C=O) groups excluding carboxylic acids is 1. The third-order valence-corrected chi connectivity index (χ3v) is 4.69. The number of amides is 1. The highest BCUT2D eigenvalue weighted by Gasteiger charge is 2.33. The summed E-state index contributed by atoms with van der Waals surface area (Å²) in [5.41, 5.74) is -1.60. The van der Waals surface area contributed by atoms with E-state index in [4.69, 9.17) is 4.74 Å². The number of carboxylic acid groups (broad SMARTS) is 1. The van der Waals surface area contributed by atoms with Gasteiger partial charge in [-0.25, -0.2) is 9.78 Å². The van der Waals surface area contributed by atoms with E-state index in [2.05, 4.69) is 15.4 Å². The highest BCUT2D eigenvalue weighted by Crippen LogP contribution is 2.29. The van der Waals surface area contributed by atoms with Crippen LogP contribution >= 0.6 is 0 Å². The lowest BCUT2D eigenvalue weighted by Crippen LogP contribution is -2.18. The van der Waals surface area contributed by atoms with E-state index in [0.29, 0.717) is 24.1 Å². The molecule has 1 saturated heterocycles. The number of fused-ring (bicyclic) bond motifs is 1. The minimum absolute atomic E-state index is 0.0260. The monoisotopic (exact) mass is 420 g/mol. The minimum Gasteiger partial charge on any atom is -0.478 e. The number of hydrogen-bond acceptors (Lipinski definition) is 5. The van der Waals surface area contributed by atoms with Crippen LogP contribution in [0.3, 0.4) is 0 Å². The van der Waals surface area contributed by atoms with Gasteiger partial charge in [0.15, 0.2) is 0 Å². The highest BCUT2D eigenvalue weighted by molar-refractivity contribution is 6.08. The van der Waals surface area contributed by atoms with Gasteiger partial charge in [0.25, 0.3) is 5.91 Å². The Balaban J connectivity index is 1.68. The van der Waals surface area contributed by atoms with Crippen LogP contribution in [0.1, 0.15) is 39.0 Å². The van der Waals surface area contributed by atoms with Crippen molar-refractivity contribution in [2.24, 2.45) is 0 Å². The number of rotatable bonds is 4. The van der Waals surface area contributed by atoms with Gasteiger partial charge in [0.2, 0.25) is 0 Å². The highest BCUT2D eigenvalue weighted by atomic mass is 19.4. The zero-order valence-corrected chi connectivity index (χ0v) is 15.3. The van der Waals surface area contributed by atoms with Crippen molar-refractivity contribution in [3.05, 3.63) is 53.5 Å². The first-order valence-corrected chi connectivity index (χ1v) is 8.92. The zero-order chi connectivity index (χ0) is 21.5. The summed E-state index contributed by atoms with van der Waals surface area (Å²) in [7, 11) is 0. The lowest BCUT2D eigenvalue weighted by molar-refractivity contribution is -0.141. The summed E-state index contributed by atoms with van der Waals surface area (Å²) in [6.07, 6.45) is -2.23. The van der Waals surface area contributed by atoms with E-state index in [1.807, 2.05) is 0 Å². The molecule has 0 spiro atoms. The van der Waals surface area contributed by atoms with Crippen LogP contribution in [0.4, 0.5) is 18.9 Å². The van der Waals surface area contributed by atoms with Crippen LogP contribution in [0.15, 0.2) is 36.5 Å². The average molecular weight is 420 g/mol. The van der Waals surface area contributed by atoms with Crippen LogP contribution in [0.5, 0.6) is 0 Å². The number of alkyl halides is 3. The molecule has 1 amide bonds. The molecule has 3 heterocycles. The topological polar surface area (TPSA) is 106 Å². The van der Waals surface area contributed by atoms with E-state index in [9.17, 15) is 27.9 Å². The van der Waals surface area contributed by atoms with Crippen molar-refractivity contribution in [1.82, 2.24) is 14.8 Å². The second-order valence-corrected chi connectivity index (χ2v) is 6.75. The first kappa shape index (κ1) is 19.8. The number of carboxylic acids is 1. The standard InChI is InChI=1S/C19H15F3N4O4/c20-19(21,22)16-3-1-2-13(23-16)17(27)24-15-6-10-8-26(11-4-5-30-9-11)25-14(10)7-12(15)18(28)29/h1-3,6-8,11H,4-5,9H2,(H,24,27)(H,28,29)/t11-/m1/s1. The Bertz CT molecular complexity index is 1140. The number of aromatic carboxylic acids is 1. The molecular formula is C19H15F3N4O4. The molecule has 1 aliphatic rings. The minimum atomic E-state index is -4.71. The number of hydrogen-bond donors (Lipinski definition) is 2. The fraction of sp³-hybridized carbons (Fsp3) is 0.263. The van der Waals surface area contributed by atoms with Crippen molar-refractivity contribution in [1.29, 1.82) is 0 Å². The van der Waals surface area contributed by atoms with E-state index in [1.165, 1.54) is 12.1 Å². The summed E-state index contributed by atoms with van der Waals surface area (Å²) < 4.78 is 45.5. The molecule has 156 valence electrons. The largest absolute Gasteiger partial charge is 0.478 e. The number of carbonyl (C=O) groups is 2. The van der Waals surface area contributed by atoms with Gasteiger partial charge in [0.05, 0.1) is 29.4 Å². The molecule has 1 atom stereocenters. The normalized spacial score (nSPS) is 16.7. The molecule has 11 heteroatoms. The fourth-order valence-electron chi connectivity index (χ4n) is 3.19. The van der Waals surface area contributed by atoms with Gasteiger partial charge < -0.3 is 15.2 Å². The van der Waals surface area contributed by atoms with Gasteiger partial charge in [0.1, 0.15) is 11.4 Å². The number of halogens is 3. The number of aromatic nitrogens is 3. The Labute approximate surface area is 167 Å². The van der Waals surface area contributed by atoms with E-state index in [0.717, 1.165) is 24.6 Å². The van der Waals surface area contributed by atoms with Crippen molar-refractivity contribution in [2.45, 2.75) is 18.6 Å². The van der Waals surface area contributed by atoms with E-state index in [-0.39, 0.29) is 17.3 Å². The second kappa shape index (κ2) is 7.41. The van der Waals surface area contributed by atoms with Crippen molar-refractivity contribution >= 4 is 28.5 Å². The Kier molecular flexibility index (Phi) is 4.90. The van der Waals surface area contributed by atoms with Crippen molar-refractivity contribution in [3.8, 4) is 0 Å². The maximum Gasteiger partial charge on any atom is 0.433 e. The molecule has 30 heavy (non-hydrogen) atoms. The van der Waals surface area contributed by atoms with Crippen molar-refractivity contribution in [2.75, 3.05) is 18.5 Å². The molecule has 0 radical (unpaired) electrons. The van der Waals surface area contributed by atoms with Crippen LogP contribution in [-0.4, -0.2) is 45.0 Å². The van der Waals surface area contributed by atoms with E-state index in [1.54, 1.807) is 10.9 Å². The molecule has 0 saturated carbocycles. The average Bonchev–Trinajstić information content (AvgIpc) is 3.36. The predicted molar refractivity (Wildman–Crippen MR) is 98.4 cm³/mol. The van der Waals surface area contributed by atoms with Crippen LogP contribution < -0.4 is 5.32 Å². The zero-order valence-electron chi connectivity index (χ0n) is 15.3. The number of anilines is 1. The number of nitrogens with one attached hydrogen (secondary N) is 1. The first-order chi connectivity index (χ1) is 14.2. The summed E-state index contributed by atoms with van der Waals surface area (Å²) in [4.78, 5) is 27.4. The van der Waals surface area contributed by atoms with E-state index < -0.39 is 29.4 Å². The van der Waals surface area contributed by atoms with Gasteiger partial charge in [-0.15, -0.1) is 0 Å². The third-order valence-electron chi connectivity index (χ3n) is 4.69. The number of pyridine rings is 1. The maximum atomic E-state index is 12.8. The molecule has 8 nitrogen and oxygen atoms in total. The molecule has 1 fully saturated rings. The summed E-state index contributed by atoms with van der Waals surface area (Å²) in [5, 5.41) is 16.8. The first-order valence-electron chi connectivity index (χ1n) is 8.92. The molecule has 1 aromatic carbocycles. The Morgan fingerprint density at radius 3 is 2.73 bits per heavy atom. The smallest absolute Gasteiger partial charge is 0.433 e. The molecule has 0 aliphatic carbocycles. The predicted octanol–water partition coefficient (Wildman–Crippen LogP) is 3.36. The van der Waals surface area contributed by atoms with Crippen molar-refractivity contribution in [3.63, 3.8) is 0 Å². The fourth-order valence-corrected chi connectivity index (χ4v) is 3.19. The molecule has 3 aromatic rings. The lowest BCUT2D eigenvalue weighted by Gasteiger charge is -2.10. The van der Waals surface area contributed by atoms with Crippen LogP contribution in [0, 0.1) is 0 Å². The van der Waals surface area contributed by atoms with Crippen molar-refractivity contribution < 1.29 is 32.6 Å². The van der Waals surface area contributed by atoms with Gasteiger partial charge in [-0.3, -0.25) is 9.48 Å². The summed E-state index contributed by atoms with van der Waals surface area (Å²) in [6, 6.07) is 5.66. The Hall–Kier alpha value is -3.47. The maximum absolute atomic E-state index is 12.8. The third kappa shape index (κ3) is 3.83. The van der Waals surface area contributed by atoms with Gasteiger partial charge in [-0.2, -0.15) is 18.3 Å². The van der Waals surface area contributed by atoms with Crippen LogP contribution in [-0.2, 0) is 10.9 Å². The Morgan fingerprint density at radius 1 is 1.27 bits per heavy atom. The summed E-state index contributed by atoms with van der Waals surface area (Å²) in [6.45, 7) is 1.09. The van der Waals surface area contributed by atoms with Gasteiger partial charge in [-0.05, 0) is 30.7 Å². The molecule has 4 rings (SSSR count). The summed E-state index contributed by atoms with van der Waals surface area (Å²) >= 11 is 0. The SMILES string of the molecule is O=C(Nc1cc2cn([C@@H]3CCOC3)nc2cc1C(=O)O)c1cccc(C(F)(F)F)n1. The molecular weight excluding hydrogens is 405 g/mol. The Morgan fingerprint density at radius 2 is 2.07 bits per heavy atom. The molecule has 0 unspecified atom stereocenters. The molecule has 2 aromatic heterocycles. The lowest BCUT2D eigenvalue weighted by atomic mass is 10.1. The van der Waals surface area contributed by atoms with Crippen LogP contribution in [0.25, 0.3) is 10.9 Å². The second-order valence-electron chi connectivity index (χ2n) is 6.75. The molecule has 0 bridgehead atoms. The number of nitrogens with zero attached hydrogens (tertiary/aromatic N) is 3. The quantitative estimate of drug-likeness (QED) is 0.671. The molecule has 2 N–H and O–H groups in total. The number of benzene rings is 1. The number of ether oxygens (including phenoxy) is 1. The van der Waals surface area contributed by atoms with Gasteiger partial charge in [-0.1, -0.05) is 6.07 Å². The molecule has 1 aliphatic heterocycles.